The number of rotatable bonds is 6. The maximum absolute atomic E-state index is 5.64. The third-order valence-corrected chi connectivity index (χ3v) is 5.22. The van der Waals surface area contributed by atoms with Crippen LogP contribution in [0.25, 0.3) is 0 Å². The van der Waals surface area contributed by atoms with Crippen molar-refractivity contribution in [3.63, 3.8) is 0 Å². The SMILES string of the molecule is Cc1cc(SC2CCOC2C)ccc1CNCC(C)C. The quantitative estimate of drug-likeness (QED) is 0.856. The molecule has 1 aliphatic rings. The minimum absolute atomic E-state index is 0.382. The first kappa shape index (κ1) is 15.9. The van der Waals surface area contributed by atoms with Crippen LogP contribution in [0.5, 0.6) is 0 Å². The van der Waals surface area contributed by atoms with Crippen molar-refractivity contribution in [3.8, 4) is 0 Å². The van der Waals surface area contributed by atoms with Gasteiger partial charge in [-0.15, -0.1) is 11.8 Å². The summed E-state index contributed by atoms with van der Waals surface area (Å²) in [5.74, 6) is 0.703. The summed E-state index contributed by atoms with van der Waals surface area (Å²) in [5.41, 5.74) is 2.79. The van der Waals surface area contributed by atoms with E-state index < -0.39 is 0 Å². The molecule has 0 radical (unpaired) electrons. The van der Waals surface area contributed by atoms with Gasteiger partial charge >= 0.3 is 0 Å². The molecule has 0 aliphatic carbocycles. The number of aryl methyl sites for hydroxylation is 1. The maximum Gasteiger partial charge on any atom is 0.0669 e. The van der Waals surface area contributed by atoms with Gasteiger partial charge in [-0.25, -0.2) is 0 Å². The molecule has 0 bridgehead atoms. The van der Waals surface area contributed by atoms with E-state index in [0.717, 1.165) is 19.7 Å². The summed E-state index contributed by atoms with van der Waals surface area (Å²) < 4.78 is 5.64. The Kier molecular flexibility index (Phi) is 5.94. The zero-order valence-corrected chi connectivity index (χ0v) is 13.9. The number of ether oxygens (including phenoxy) is 1. The molecule has 2 unspecified atom stereocenters. The smallest absolute Gasteiger partial charge is 0.0669 e. The first-order valence-corrected chi connectivity index (χ1v) is 8.52. The van der Waals surface area contributed by atoms with Crippen molar-refractivity contribution in [2.45, 2.75) is 56.9 Å². The molecule has 1 aromatic rings. The molecule has 1 saturated heterocycles. The van der Waals surface area contributed by atoms with Gasteiger partial charge in [0, 0.05) is 23.3 Å². The van der Waals surface area contributed by atoms with Crippen LogP contribution in [0.4, 0.5) is 0 Å². The summed E-state index contributed by atoms with van der Waals surface area (Å²) >= 11 is 1.97. The number of benzene rings is 1. The Balaban J connectivity index is 1.91. The fourth-order valence-corrected chi connectivity index (χ4v) is 3.70. The minimum atomic E-state index is 0.382. The summed E-state index contributed by atoms with van der Waals surface area (Å²) in [4.78, 5) is 1.37. The second kappa shape index (κ2) is 7.48. The average molecular weight is 293 g/mol. The van der Waals surface area contributed by atoms with E-state index in [1.807, 2.05) is 11.8 Å². The molecule has 2 atom stereocenters. The molecule has 20 heavy (non-hydrogen) atoms. The molecule has 0 aromatic heterocycles. The van der Waals surface area contributed by atoms with Gasteiger partial charge in [-0.05, 0) is 56.0 Å². The van der Waals surface area contributed by atoms with Crippen LogP contribution in [0.1, 0.15) is 38.3 Å². The fourth-order valence-electron chi connectivity index (χ4n) is 2.48. The molecule has 1 fully saturated rings. The Morgan fingerprint density at radius 2 is 2.20 bits per heavy atom. The van der Waals surface area contributed by atoms with Crippen LogP contribution in [0.15, 0.2) is 23.1 Å². The van der Waals surface area contributed by atoms with Crippen LogP contribution in [0.3, 0.4) is 0 Å². The van der Waals surface area contributed by atoms with Crippen molar-refractivity contribution in [2.75, 3.05) is 13.2 Å². The third-order valence-electron chi connectivity index (χ3n) is 3.78. The summed E-state index contributed by atoms with van der Waals surface area (Å²) in [7, 11) is 0. The summed E-state index contributed by atoms with van der Waals surface area (Å²) in [6.07, 6.45) is 1.55. The number of hydrogen-bond donors (Lipinski definition) is 1. The molecule has 0 saturated carbocycles. The predicted molar refractivity (Wildman–Crippen MR) is 87.4 cm³/mol. The van der Waals surface area contributed by atoms with Gasteiger partial charge in [-0.1, -0.05) is 19.9 Å². The van der Waals surface area contributed by atoms with E-state index in [-0.39, 0.29) is 0 Å². The molecule has 3 heteroatoms. The molecule has 1 heterocycles. The molecule has 2 nitrogen and oxygen atoms in total. The van der Waals surface area contributed by atoms with Gasteiger partial charge in [0.15, 0.2) is 0 Å². The van der Waals surface area contributed by atoms with Crippen LogP contribution in [0, 0.1) is 12.8 Å². The largest absolute Gasteiger partial charge is 0.377 e. The van der Waals surface area contributed by atoms with Gasteiger partial charge in [0.25, 0.3) is 0 Å². The monoisotopic (exact) mass is 293 g/mol. The molecule has 1 N–H and O–H groups in total. The highest BCUT2D eigenvalue weighted by Crippen LogP contribution is 2.33. The Morgan fingerprint density at radius 1 is 1.40 bits per heavy atom. The molecule has 1 aromatic carbocycles. The number of hydrogen-bond acceptors (Lipinski definition) is 3. The highest BCUT2D eigenvalue weighted by Gasteiger charge is 2.25. The van der Waals surface area contributed by atoms with Gasteiger partial charge in [-0.2, -0.15) is 0 Å². The molecule has 2 rings (SSSR count). The highest BCUT2D eigenvalue weighted by molar-refractivity contribution is 8.00. The second-order valence-electron chi connectivity index (χ2n) is 6.13. The van der Waals surface area contributed by atoms with Gasteiger partial charge in [-0.3, -0.25) is 0 Å². The normalized spacial score (nSPS) is 22.6. The van der Waals surface area contributed by atoms with Gasteiger partial charge in [0.2, 0.25) is 0 Å². The number of thioether (sulfide) groups is 1. The fraction of sp³-hybridized carbons (Fsp3) is 0.647. The Labute approximate surface area is 127 Å². The third kappa shape index (κ3) is 4.51. The van der Waals surface area contributed by atoms with Crippen LogP contribution in [-0.4, -0.2) is 24.5 Å². The van der Waals surface area contributed by atoms with Crippen molar-refractivity contribution in [2.24, 2.45) is 5.92 Å². The Morgan fingerprint density at radius 3 is 2.80 bits per heavy atom. The van der Waals surface area contributed by atoms with Crippen molar-refractivity contribution >= 4 is 11.8 Å². The van der Waals surface area contributed by atoms with E-state index >= 15 is 0 Å². The van der Waals surface area contributed by atoms with E-state index in [9.17, 15) is 0 Å². The van der Waals surface area contributed by atoms with Crippen molar-refractivity contribution in [1.82, 2.24) is 5.32 Å². The van der Waals surface area contributed by atoms with Crippen LogP contribution in [0.2, 0.25) is 0 Å². The van der Waals surface area contributed by atoms with Crippen molar-refractivity contribution in [1.29, 1.82) is 0 Å². The zero-order valence-electron chi connectivity index (χ0n) is 13.1. The van der Waals surface area contributed by atoms with E-state index in [4.69, 9.17) is 4.74 Å². The van der Waals surface area contributed by atoms with Gasteiger partial charge in [0.05, 0.1) is 6.10 Å². The summed E-state index contributed by atoms with van der Waals surface area (Å²) in [6, 6.07) is 6.85. The lowest BCUT2D eigenvalue weighted by Gasteiger charge is -2.15. The minimum Gasteiger partial charge on any atom is -0.377 e. The van der Waals surface area contributed by atoms with Gasteiger partial charge < -0.3 is 10.1 Å². The molecular weight excluding hydrogens is 266 g/mol. The topological polar surface area (TPSA) is 21.3 Å². The van der Waals surface area contributed by atoms with E-state index in [1.165, 1.54) is 22.4 Å². The lowest BCUT2D eigenvalue weighted by molar-refractivity contribution is 0.127. The lowest BCUT2D eigenvalue weighted by Crippen LogP contribution is -2.19. The standard InChI is InChI=1S/C17H27NOS/c1-12(2)10-18-11-15-5-6-16(9-13(15)3)20-17-7-8-19-14(17)4/h5-6,9,12,14,17-18H,7-8,10-11H2,1-4H3. The van der Waals surface area contributed by atoms with E-state index in [1.54, 1.807) is 0 Å². The van der Waals surface area contributed by atoms with E-state index in [2.05, 4.69) is 51.2 Å². The molecule has 0 amide bonds. The average Bonchev–Trinajstić information content (AvgIpc) is 2.77. The highest BCUT2D eigenvalue weighted by atomic mass is 32.2. The van der Waals surface area contributed by atoms with Crippen molar-refractivity contribution < 1.29 is 4.74 Å². The first-order chi connectivity index (χ1) is 9.56. The van der Waals surface area contributed by atoms with Crippen molar-refractivity contribution in [3.05, 3.63) is 29.3 Å². The van der Waals surface area contributed by atoms with Crippen LogP contribution < -0.4 is 5.32 Å². The Bertz CT molecular complexity index is 433. The van der Waals surface area contributed by atoms with E-state index in [0.29, 0.717) is 17.3 Å². The number of nitrogens with one attached hydrogen (secondary N) is 1. The summed E-state index contributed by atoms with van der Waals surface area (Å²) in [6.45, 7) is 11.8. The molecule has 112 valence electrons. The van der Waals surface area contributed by atoms with Gasteiger partial charge in [0.1, 0.15) is 0 Å². The molecular formula is C17H27NOS. The first-order valence-electron chi connectivity index (χ1n) is 7.64. The maximum atomic E-state index is 5.64. The zero-order chi connectivity index (χ0) is 14.5. The van der Waals surface area contributed by atoms with Crippen LogP contribution in [-0.2, 0) is 11.3 Å². The predicted octanol–water partition coefficient (Wildman–Crippen LogP) is 4.01. The Hall–Kier alpha value is -0.510. The second-order valence-corrected chi connectivity index (χ2v) is 7.45. The molecule has 1 aliphatic heterocycles. The summed E-state index contributed by atoms with van der Waals surface area (Å²) in [5, 5.41) is 4.13. The van der Waals surface area contributed by atoms with Crippen LogP contribution >= 0.6 is 11.8 Å². The lowest BCUT2D eigenvalue weighted by atomic mass is 10.1. The molecule has 0 spiro atoms.